The second-order valence-electron chi connectivity index (χ2n) is 7.19. The Bertz CT molecular complexity index is 977. The van der Waals surface area contributed by atoms with E-state index >= 15 is 0 Å². The summed E-state index contributed by atoms with van der Waals surface area (Å²) in [6, 6.07) is 14.7. The monoisotopic (exact) mass is 346 g/mol. The Labute approximate surface area is 153 Å². The number of benzene rings is 2. The predicted octanol–water partition coefficient (Wildman–Crippen LogP) is 4.20. The van der Waals surface area contributed by atoms with Gasteiger partial charge in [0.15, 0.2) is 0 Å². The van der Waals surface area contributed by atoms with Crippen LogP contribution in [0.3, 0.4) is 0 Å². The zero-order chi connectivity index (χ0) is 17.6. The summed E-state index contributed by atoms with van der Waals surface area (Å²) < 4.78 is 12.4. The van der Waals surface area contributed by atoms with Gasteiger partial charge in [0, 0.05) is 48.6 Å². The SMILES string of the molecule is Cc1c(-c2ccc3c(c2)COC2(CCNCC2)O3)cnc2ccccc12. The van der Waals surface area contributed by atoms with Crippen LogP contribution in [0.1, 0.15) is 24.0 Å². The third kappa shape index (κ3) is 2.57. The average Bonchev–Trinajstić information content (AvgIpc) is 2.69. The first-order chi connectivity index (χ1) is 12.7. The fourth-order valence-corrected chi connectivity index (χ4v) is 4.02. The highest BCUT2D eigenvalue weighted by Gasteiger charge is 2.38. The molecule has 0 radical (unpaired) electrons. The second kappa shape index (κ2) is 6.08. The van der Waals surface area contributed by atoms with Gasteiger partial charge in [0.05, 0.1) is 12.1 Å². The van der Waals surface area contributed by atoms with E-state index < -0.39 is 5.79 Å². The van der Waals surface area contributed by atoms with Crippen LogP contribution in [0.2, 0.25) is 0 Å². The minimum absolute atomic E-state index is 0.444. The van der Waals surface area contributed by atoms with Crippen LogP contribution in [0.5, 0.6) is 5.75 Å². The lowest BCUT2D eigenvalue weighted by Gasteiger charge is -2.41. The van der Waals surface area contributed by atoms with Crippen molar-refractivity contribution >= 4 is 10.9 Å². The number of fused-ring (bicyclic) bond motifs is 2. The molecule has 2 aromatic carbocycles. The van der Waals surface area contributed by atoms with Gasteiger partial charge in [-0.2, -0.15) is 0 Å². The molecule has 4 nitrogen and oxygen atoms in total. The zero-order valence-corrected chi connectivity index (χ0v) is 14.9. The number of aryl methyl sites for hydroxylation is 1. The number of hydrogen-bond donors (Lipinski definition) is 1. The minimum atomic E-state index is -0.444. The normalized spacial score (nSPS) is 18.5. The Balaban J connectivity index is 1.52. The molecule has 3 heterocycles. The van der Waals surface area contributed by atoms with Gasteiger partial charge in [-0.25, -0.2) is 0 Å². The Morgan fingerprint density at radius 2 is 1.92 bits per heavy atom. The van der Waals surface area contributed by atoms with Crippen molar-refractivity contribution in [1.82, 2.24) is 10.3 Å². The highest BCUT2D eigenvalue weighted by atomic mass is 16.7. The summed E-state index contributed by atoms with van der Waals surface area (Å²) in [7, 11) is 0. The summed E-state index contributed by atoms with van der Waals surface area (Å²) in [5.41, 5.74) is 5.72. The smallest absolute Gasteiger partial charge is 0.213 e. The zero-order valence-electron chi connectivity index (χ0n) is 14.9. The third-order valence-electron chi connectivity index (χ3n) is 5.57. The first-order valence-corrected chi connectivity index (χ1v) is 9.25. The molecule has 1 spiro atoms. The van der Waals surface area contributed by atoms with E-state index in [2.05, 4.69) is 53.6 Å². The van der Waals surface area contributed by atoms with Crippen molar-refractivity contribution < 1.29 is 9.47 Å². The van der Waals surface area contributed by atoms with E-state index in [0.717, 1.165) is 53.9 Å². The van der Waals surface area contributed by atoms with Gasteiger partial charge >= 0.3 is 0 Å². The van der Waals surface area contributed by atoms with Gasteiger partial charge in [-0.15, -0.1) is 0 Å². The van der Waals surface area contributed by atoms with Crippen LogP contribution in [-0.2, 0) is 11.3 Å². The molecular weight excluding hydrogens is 324 g/mol. The van der Waals surface area contributed by atoms with Crippen LogP contribution in [0.25, 0.3) is 22.0 Å². The minimum Gasteiger partial charge on any atom is -0.462 e. The Morgan fingerprint density at radius 1 is 1.08 bits per heavy atom. The second-order valence-corrected chi connectivity index (χ2v) is 7.19. The molecule has 0 atom stereocenters. The molecule has 0 aliphatic carbocycles. The Hall–Kier alpha value is -2.43. The molecule has 0 unspecified atom stereocenters. The number of aromatic nitrogens is 1. The summed E-state index contributed by atoms with van der Waals surface area (Å²) in [6.07, 6.45) is 3.75. The molecule has 1 aromatic heterocycles. The molecule has 2 aliphatic rings. The molecule has 132 valence electrons. The van der Waals surface area contributed by atoms with Gasteiger partial charge in [-0.1, -0.05) is 24.3 Å². The van der Waals surface area contributed by atoms with Crippen LogP contribution in [0, 0.1) is 6.92 Å². The van der Waals surface area contributed by atoms with Crippen LogP contribution in [0.15, 0.2) is 48.7 Å². The third-order valence-corrected chi connectivity index (χ3v) is 5.57. The van der Waals surface area contributed by atoms with Crippen LogP contribution < -0.4 is 10.1 Å². The van der Waals surface area contributed by atoms with Crippen molar-refractivity contribution in [2.45, 2.75) is 32.2 Å². The highest BCUT2D eigenvalue weighted by Crippen LogP contribution is 2.39. The van der Waals surface area contributed by atoms with Crippen LogP contribution in [0.4, 0.5) is 0 Å². The van der Waals surface area contributed by atoms with Gasteiger partial charge in [-0.05, 0) is 36.2 Å². The van der Waals surface area contributed by atoms with Crippen molar-refractivity contribution in [3.05, 3.63) is 59.8 Å². The maximum Gasteiger partial charge on any atom is 0.213 e. The van der Waals surface area contributed by atoms with Crippen molar-refractivity contribution in [1.29, 1.82) is 0 Å². The molecule has 0 bridgehead atoms. The quantitative estimate of drug-likeness (QED) is 0.717. The van der Waals surface area contributed by atoms with E-state index in [4.69, 9.17) is 9.47 Å². The van der Waals surface area contributed by atoms with Crippen LogP contribution >= 0.6 is 0 Å². The molecule has 5 rings (SSSR count). The summed E-state index contributed by atoms with van der Waals surface area (Å²) in [5, 5.41) is 4.56. The molecule has 26 heavy (non-hydrogen) atoms. The highest BCUT2D eigenvalue weighted by molar-refractivity contribution is 5.88. The van der Waals surface area contributed by atoms with Gasteiger partial charge in [0.1, 0.15) is 5.75 Å². The predicted molar refractivity (Wildman–Crippen MR) is 102 cm³/mol. The number of nitrogens with zero attached hydrogens (tertiary/aromatic N) is 1. The van der Waals surface area contributed by atoms with Gasteiger partial charge < -0.3 is 14.8 Å². The van der Waals surface area contributed by atoms with Crippen molar-refractivity contribution in [2.75, 3.05) is 13.1 Å². The molecule has 1 saturated heterocycles. The molecule has 1 fully saturated rings. The van der Waals surface area contributed by atoms with Crippen molar-refractivity contribution in [3.8, 4) is 16.9 Å². The summed E-state index contributed by atoms with van der Waals surface area (Å²) in [5.74, 6) is 0.508. The lowest BCUT2D eigenvalue weighted by molar-refractivity contribution is -0.218. The van der Waals surface area contributed by atoms with Gasteiger partial charge in [0.25, 0.3) is 0 Å². The topological polar surface area (TPSA) is 43.4 Å². The standard InChI is InChI=1S/C22H22N2O2/c1-15-18-4-2-3-5-20(18)24-13-19(15)16-6-7-21-17(12-16)14-25-22(26-21)8-10-23-11-9-22/h2-7,12-13,23H,8-11,14H2,1H3. The Morgan fingerprint density at radius 3 is 2.81 bits per heavy atom. The average molecular weight is 346 g/mol. The van der Waals surface area contributed by atoms with E-state index in [1.807, 2.05) is 12.3 Å². The molecule has 1 N–H and O–H groups in total. The Kier molecular flexibility index (Phi) is 3.69. The van der Waals surface area contributed by atoms with E-state index in [9.17, 15) is 0 Å². The fourth-order valence-electron chi connectivity index (χ4n) is 4.02. The van der Waals surface area contributed by atoms with Gasteiger partial charge in [-0.3, -0.25) is 4.98 Å². The fraction of sp³-hybridized carbons (Fsp3) is 0.318. The van der Waals surface area contributed by atoms with Crippen molar-refractivity contribution in [2.24, 2.45) is 0 Å². The maximum absolute atomic E-state index is 6.27. The lowest BCUT2D eigenvalue weighted by Crippen LogP contribution is -2.49. The largest absolute Gasteiger partial charge is 0.462 e. The number of piperidine rings is 1. The number of rotatable bonds is 1. The van der Waals surface area contributed by atoms with Crippen molar-refractivity contribution in [3.63, 3.8) is 0 Å². The number of para-hydroxylation sites is 1. The number of pyridine rings is 1. The number of nitrogens with one attached hydrogen (secondary N) is 1. The molecule has 0 saturated carbocycles. The number of hydrogen-bond acceptors (Lipinski definition) is 4. The van der Waals surface area contributed by atoms with E-state index in [-0.39, 0.29) is 0 Å². The maximum atomic E-state index is 6.27. The van der Waals surface area contributed by atoms with E-state index in [1.54, 1.807) is 0 Å². The van der Waals surface area contributed by atoms with E-state index in [1.165, 1.54) is 10.9 Å². The summed E-state index contributed by atoms with van der Waals surface area (Å²) in [6.45, 7) is 4.64. The van der Waals surface area contributed by atoms with Crippen LogP contribution in [-0.4, -0.2) is 23.9 Å². The first-order valence-electron chi connectivity index (χ1n) is 9.25. The molecular formula is C22H22N2O2. The molecule has 4 heteroatoms. The molecule has 3 aromatic rings. The summed E-state index contributed by atoms with van der Waals surface area (Å²) in [4.78, 5) is 4.63. The summed E-state index contributed by atoms with van der Waals surface area (Å²) >= 11 is 0. The lowest BCUT2D eigenvalue weighted by atomic mass is 9.96. The molecule has 0 amide bonds. The number of ether oxygens (including phenoxy) is 2. The van der Waals surface area contributed by atoms with Gasteiger partial charge in [0.2, 0.25) is 5.79 Å². The van der Waals surface area contributed by atoms with E-state index in [0.29, 0.717) is 6.61 Å². The molecule has 2 aliphatic heterocycles. The first kappa shape index (κ1) is 15.8.